The van der Waals surface area contributed by atoms with E-state index in [2.05, 4.69) is 14.5 Å². The topological polar surface area (TPSA) is 32.8 Å². The third-order valence-corrected chi connectivity index (χ3v) is 4.32. The normalized spacial score (nSPS) is 24.1. The first-order valence-electron chi connectivity index (χ1n) is 7.33. The average Bonchev–Trinajstić information content (AvgIpc) is 2.46. The van der Waals surface area contributed by atoms with Crippen molar-refractivity contribution in [2.45, 2.75) is 44.6 Å². The van der Waals surface area contributed by atoms with Crippen LogP contribution in [-0.4, -0.2) is 61.6 Å². The largest absolute Gasteiger partial charge is 0.469 e. The van der Waals surface area contributed by atoms with Crippen LogP contribution in [0.1, 0.15) is 38.5 Å². The van der Waals surface area contributed by atoms with Crippen molar-refractivity contribution in [1.82, 2.24) is 9.80 Å². The zero-order chi connectivity index (χ0) is 12.8. The maximum atomic E-state index is 11.1. The van der Waals surface area contributed by atoms with Gasteiger partial charge in [0.2, 0.25) is 0 Å². The Bertz CT molecular complexity index is 257. The number of carbonyl (C=O) groups is 1. The van der Waals surface area contributed by atoms with E-state index in [-0.39, 0.29) is 5.97 Å². The predicted octanol–water partition coefficient (Wildman–Crippen LogP) is 1.50. The van der Waals surface area contributed by atoms with Gasteiger partial charge in [0.25, 0.3) is 0 Å². The van der Waals surface area contributed by atoms with E-state index in [1.165, 1.54) is 52.3 Å². The van der Waals surface area contributed by atoms with Crippen LogP contribution in [0.4, 0.5) is 0 Å². The third kappa shape index (κ3) is 3.95. The third-order valence-electron chi connectivity index (χ3n) is 4.32. The van der Waals surface area contributed by atoms with Crippen LogP contribution in [0.3, 0.4) is 0 Å². The Morgan fingerprint density at radius 3 is 2.39 bits per heavy atom. The smallest absolute Gasteiger partial charge is 0.306 e. The minimum absolute atomic E-state index is 0.0897. The van der Waals surface area contributed by atoms with Gasteiger partial charge >= 0.3 is 5.97 Å². The molecule has 0 aromatic carbocycles. The minimum atomic E-state index is -0.0897. The fourth-order valence-electron chi connectivity index (χ4n) is 3.14. The van der Waals surface area contributed by atoms with Gasteiger partial charge in [0.1, 0.15) is 0 Å². The predicted molar refractivity (Wildman–Crippen MR) is 71.5 cm³/mol. The van der Waals surface area contributed by atoms with Crippen LogP contribution in [-0.2, 0) is 9.53 Å². The summed E-state index contributed by atoms with van der Waals surface area (Å²) in [7, 11) is 1.46. The summed E-state index contributed by atoms with van der Waals surface area (Å²) in [4.78, 5) is 16.2. The van der Waals surface area contributed by atoms with Crippen LogP contribution in [0.25, 0.3) is 0 Å². The summed E-state index contributed by atoms with van der Waals surface area (Å²) in [6.07, 6.45) is 7.23. The molecule has 0 aromatic heterocycles. The lowest BCUT2D eigenvalue weighted by atomic mass is 10.00. The van der Waals surface area contributed by atoms with E-state index in [1.807, 2.05) is 0 Å². The van der Waals surface area contributed by atoms with E-state index in [4.69, 9.17) is 0 Å². The Balaban J connectivity index is 1.66. The van der Waals surface area contributed by atoms with Crippen molar-refractivity contribution >= 4 is 5.97 Å². The van der Waals surface area contributed by atoms with Crippen LogP contribution in [0.5, 0.6) is 0 Å². The first kappa shape index (κ1) is 13.8. The molecular formula is C14H26N2O2. The van der Waals surface area contributed by atoms with Crippen molar-refractivity contribution in [1.29, 1.82) is 0 Å². The molecule has 0 radical (unpaired) electrons. The van der Waals surface area contributed by atoms with E-state index in [0.717, 1.165) is 25.7 Å². The van der Waals surface area contributed by atoms with Crippen molar-refractivity contribution < 1.29 is 9.53 Å². The van der Waals surface area contributed by atoms with Gasteiger partial charge in [0.15, 0.2) is 0 Å². The van der Waals surface area contributed by atoms with Crippen LogP contribution in [0, 0.1) is 0 Å². The molecule has 0 aromatic rings. The first-order chi connectivity index (χ1) is 8.79. The standard InChI is InChI=1S/C14H26N2O2/c1-18-14(17)7-12-15-10-5-13(6-11-15)16-8-3-2-4-9-16/h13H,2-12H2,1H3. The molecule has 0 amide bonds. The first-order valence-corrected chi connectivity index (χ1v) is 7.33. The molecule has 2 saturated heterocycles. The number of piperidine rings is 2. The van der Waals surface area contributed by atoms with Gasteiger partial charge in [0.05, 0.1) is 13.5 Å². The Morgan fingerprint density at radius 2 is 1.78 bits per heavy atom. The number of hydrogen-bond donors (Lipinski definition) is 0. The lowest BCUT2D eigenvalue weighted by Crippen LogP contribution is -2.47. The molecule has 0 bridgehead atoms. The molecule has 18 heavy (non-hydrogen) atoms. The Kier molecular flexibility index (Phi) is 5.45. The summed E-state index contributed by atoms with van der Waals surface area (Å²) < 4.78 is 4.68. The monoisotopic (exact) mass is 254 g/mol. The maximum absolute atomic E-state index is 11.1. The number of likely N-dealkylation sites (tertiary alicyclic amines) is 2. The molecule has 2 aliphatic rings. The van der Waals surface area contributed by atoms with Crippen molar-refractivity contribution in [3.63, 3.8) is 0 Å². The Hall–Kier alpha value is -0.610. The van der Waals surface area contributed by atoms with E-state index in [9.17, 15) is 4.79 Å². The van der Waals surface area contributed by atoms with E-state index >= 15 is 0 Å². The van der Waals surface area contributed by atoms with Crippen LogP contribution in [0.2, 0.25) is 0 Å². The second-order valence-corrected chi connectivity index (χ2v) is 5.50. The van der Waals surface area contributed by atoms with Crippen molar-refractivity contribution in [2.75, 3.05) is 39.8 Å². The summed E-state index contributed by atoms with van der Waals surface area (Å²) in [5, 5.41) is 0. The summed E-state index contributed by atoms with van der Waals surface area (Å²) in [6, 6.07) is 0.791. The van der Waals surface area contributed by atoms with Gasteiger partial charge in [-0.1, -0.05) is 6.42 Å². The van der Waals surface area contributed by atoms with Crippen LogP contribution >= 0.6 is 0 Å². The quantitative estimate of drug-likeness (QED) is 0.712. The highest BCUT2D eigenvalue weighted by molar-refractivity contribution is 5.69. The van der Waals surface area contributed by atoms with Gasteiger partial charge in [-0.15, -0.1) is 0 Å². The van der Waals surface area contributed by atoms with Gasteiger partial charge in [-0.2, -0.15) is 0 Å². The Labute approximate surface area is 110 Å². The fraction of sp³-hybridized carbons (Fsp3) is 0.929. The van der Waals surface area contributed by atoms with Crippen molar-refractivity contribution in [3.05, 3.63) is 0 Å². The van der Waals surface area contributed by atoms with Gasteiger partial charge in [-0.3, -0.25) is 4.79 Å². The van der Waals surface area contributed by atoms with Crippen molar-refractivity contribution in [3.8, 4) is 0 Å². The zero-order valence-electron chi connectivity index (χ0n) is 11.6. The number of rotatable bonds is 4. The minimum Gasteiger partial charge on any atom is -0.469 e. The van der Waals surface area contributed by atoms with Crippen molar-refractivity contribution in [2.24, 2.45) is 0 Å². The van der Waals surface area contributed by atoms with Gasteiger partial charge in [-0.05, 0) is 51.9 Å². The second kappa shape index (κ2) is 7.10. The van der Waals surface area contributed by atoms with Gasteiger partial charge in [-0.25, -0.2) is 0 Å². The number of ether oxygens (including phenoxy) is 1. The van der Waals surface area contributed by atoms with E-state index in [1.54, 1.807) is 0 Å². The fourth-order valence-corrected chi connectivity index (χ4v) is 3.14. The van der Waals surface area contributed by atoms with E-state index < -0.39 is 0 Å². The maximum Gasteiger partial charge on any atom is 0.306 e. The number of carbonyl (C=O) groups excluding carboxylic acids is 1. The number of hydrogen-bond acceptors (Lipinski definition) is 4. The lowest BCUT2D eigenvalue weighted by Gasteiger charge is -2.40. The summed E-state index contributed by atoms with van der Waals surface area (Å²) in [5.74, 6) is -0.0897. The molecule has 2 heterocycles. The van der Waals surface area contributed by atoms with E-state index in [0.29, 0.717) is 6.42 Å². The number of methoxy groups -OCH3 is 1. The molecule has 2 aliphatic heterocycles. The number of nitrogens with zero attached hydrogens (tertiary/aromatic N) is 2. The molecule has 2 fully saturated rings. The number of esters is 1. The molecule has 0 saturated carbocycles. The molecule has 4 heteroatoms. The Morgan fingerprint density at radius 1 is 1.11 bits per heavy atom. The molecule has 0 N–H and O–H groups in total. The molecular weight excluding hydrogens is 228 g/mol. The molecule has 104 valence electrons. The molecule has 0 aliphatic carbocycles. The van der Waals surface area contributed by atoms with Crippen LogP contribution in [0.15, 0.2) is 0 Å². The molecule has 2 rings (SSSR count). The molecule has 0 atom stereocenters. The zero-order valence-corrected chi connectivity index (χ0v) is 11.6. The second-order valence-electron chi connectivity index (χ2n) is 5.50. The highest BCUT2D eigenvalue weighted by Crippen LogP contribution is 2.20. The summed E-state index contributed by atoms with van der Waals surface area (Å²) >= 11 is 0. The molecule has 0 unspecified atom stereocenters. The highest BCUT2D eigenvalue weighted by Gasteiger charge is 2.25. The van der Waals surface area contributed by atoms with Crippen LogP contribution < -0.4 is 0 Å². The van der Waals surface area contributed by atoms with Gasteiger partial charge in [0, 0.05) is 12.6 Å². The SMILES string of the molecule is COC(=O)CCN1CCC(N2CCCCC2)CC1. The summed E-state index contributed by atoms with van der Waals surface area (Å²) in [5.41, 5.74) is 0. The molecule has 4 nitrogen and oxygen atoms in total. The molecule has 0 spiro atoms. The highest BCUT2D eigenvalue weighted by atomic mass is 16.5. The summed E-state index contributed by atoms with van der Waals surface area (Å²) in [6.45, 7) is 5.73. The lowest BCUT2D eigenvalue weighted by molar-refractivity contribution is -0.141. The average molecular weight is 254 g/mol. The van der Waals surface area contributed by atoms with Gasteiger partial charge < -0.3 is 14.5 Å².